The summed E-state index contributed by atoms with van der Waals surface area (Å²) in [6.45, 7) is 2.21. The third kappa shape index (κ3) is 9.14. The van der Waals surface area contributed by atoms with Crippen LogP contribution in [0.1, 0.15) is 90.4 Å². The summed E-state index contributed by atoms with van der Waals surface area (Å²) in [5.41, 5.74) is 0. The zero-order valence-corrected chi connectivity index (χ0v) is 15.6. The van der Waals surface area contributed by atoms with Crippen LogP contribution in [-0.4, -0.2) is 31.2 Å². The van der Waals surface area contributed by atoms with Crippen molar-refractivity contribution in [1.82, 2.24) is 10.6 Å². The van der Waals surface area contributed by atoms with Gasteiger partial charge < -0.3 is 15.4 Å². The molecule has 0 aromatic carbocycles. The molecule has 0 aromatic heterocycles. The molecule has 5 heteroatoms. The summed E-state index contributed by atoms with van der Waals surface area (Å²) in [6.07, 6.45) is 14.7. The Morgan fingerprint density at radius 3 is 2.25 bits per heavy atom. The van der Waals surface area contributed by atoms with Gasteiger partial charge in [0.1, 0.15) is 6.04 Å². The van der Waals surface area contributed by atoms with Crippen LogP contribution in [0.3, 0.4) is 0 Å². The molecule has 1 atom stereocenters. The quantitative estimate of drug-likeness (QED) is 0.435. The first-order chi connectivity index (χ1) is 11.7. The van der Waals surface area contributed by atoms with Gasteiger partial charge in [0.2, 0.25) is 0 Å². The van der Waals surface area contributed by atoms with Crippen molar-refractivity contribution >= 4 is 12.0 Å². The Morgan fingerprint density at radius 2 is 1.62 bits per heavy atom. The Morgan fingerprint density at radius 1 is 1.00 bits per heavy atom. The molecular weight excluding hydrogens is 304 g/mol. The number of methoxy groups -OCH3 is 1. The number of nitrogens with one attached hydrogen (secondary N) is 2. The maximum atomic E-state index is 12.1. The first-order valence-corrected chi connectivity index (χ1v) is 9.82. The van der Waals surface area contributed by atoms with Crippen LogP contribution >= 0.6 is 0 Å². The van der Waals surface area contributed by atoms with E-state index in [1.165, 1.54) is 58.5 Å². The minimum atomic E-state index is -0.533. The van der Waals surface area contributed by atoms with E-state index in [0.717, 1.165) is 25.7 Å². The second-order valence-corrected chi connectivity index (χ2v) is 6.94. The molecule has 1 saturated carbocycles. The highest BCUT2D eigenvalue weighted by molar-refractivity contribution is 5.83. The third-order valence-electron chi connectivity index (χ3n) is 4.83. The zero-order valence-electron chi connectivity index (χ0n) is 15.6. The van der Waals surface area contributed by atoms with Crippen LogP contribution in [0.5, 0.6) is 0 Å². The fourth-order valence-electron chi connectivity index (χ4n) is 3.33. The summed E-state index contributed by atoms with van der Waals surface area (Å²) in [5, 5.41) is 5.80. The minimum Gasteiger partial charge on any atom is -0.467 e. The maximum Gasteiger partial charge on any atom is 0.328 e. The largest absolute Gasteiger partial charge is 0.467 e. The van der Waals surface area contributed by atoms with Crippen molar-refractivity contribution in [2.45, 2.75) is 102 Å². The van der Waals surface area contributed by atoms with E-state index < -0.39 is 6.04 Å². The van der Waals surface area contributed by atoms with Gasteiger partial charge in [0.25, 0.3) is 0 Å². The Hall–Kier alpha value is -1.26. The van der Waals surface area contributed by atoms with Gasteiger partial charge in [-0.05, 0) is 19.3 Å². The van der Waals surface area contributed by atoms with E-state index in [1.54, 1.807) is 0 Å². The number of urea groups is 1. The molecule has 0 radical (unpaired) electrons. The van der Waals surface area contributed by atoms with Crippen LogP contribution in [0.25, 0.3) is 0 Å². The molecule has 1 unspecified atom stereocenters. The molecule has 0 spiro atoms. The third-order valence-corrected chi connectivity index (χ3v) is 4.83. The van der Waals surface area contributed by atoms with E-state index in [-0.39, 0.29) is 18.0 Å². The molecule has 2 N–H and O–H groups in total. The minimum absolute atomic E-state index is 0.236. The van der Waals surface area contributed by atoms with E-state index >= 15 is 0 Å². The van der Waals surface area contributed by atoms with E-state index in [4.69, 9.17) is 4.74 Å². The number of hydrogen-bond donors (Lipinski definition) is 2. The SMILES string of the molecule is CCCCCCCCCC(NC(=O)NC1CCCCC1)C(=O)OC. The molecule has 0 bridgehead atoms. The van der Waals surface area contributed by atoms with Crippen molar-refractivity contribution in [3.8, 4) is 0 Å². The van der Waals surface area contributed by atoms with Gasteiger partial charge in [0, 0.05) is 6.04 Å². The number of ether oxygens (including phenoxy) is 1. The molecule has 0 aliphatic heterocycles. The van der Waals surface area contributed by atoms with Gasteiger partial charge in [-0.2, -0.15) is 0 Å². The van der Waals surface area contributed by atoms with E-state index in [2.05, 4.69) is 17.6 Å². The first kappa shape index (κ1) is 20.8. The predicted octanol–water partition coefficient (Wildman–Crippen LogP) is 4.30. The monoisotopic (exact) mass is 340 g/mol. The van der Waals surface area contributed by atoms with Gasteiger partial charge in [-0.15, -0.1) is 0 Å². The van der Waals surface area contributed by atoms with E-state index in [0.29, 0.717) is 6.42 Å². The Labute approximate surface area is 147 Å². The lowest BCUT2D eigenvalue weighted by Crippen LogP contribution is -2.49. The van der Waals surface area contributed by atoms with Gasteiger partial charge in [-0.1, -0.05) is 71.1 Å². The van der Waals surface area contributed by atoms with Crippen molar-refractivity contribution in [3.05, 3.63) is 0 Å². The summed E-state index contributed by atoms with van der Waals surface area (Å²) in [7, 11) is 1.38. The number of unbranched alkanes of at least 4 members (excludes halogenated alkanes) is 6. The van der Waals surface area contributed by atoms with Crippen LogP contribution in [0.2, 0.25) is 0 Å². The summed E-state index contributed by atoms with van der Waals surface area (Å²) in [5.74, 6) is -0.347. The van der Waals surface area contributed by atoms with Crippen molar-refractivity contribution < 1.29 is 14.3 Å². The molecule has 24 heavy (non-hydrogen) atoms. The molecular formula is C19H36N2O3. The number of carbonyl (C=O) groups excluding carboxylic acids is 2. The summed E-state index contributed by atoms with van der Waals surface area (Å²) in [6, 6.07) is -0.523. The second-order valence-electron chi connectivity index (χ2n) is 6.94. The Kier molecular flexibility index (Phi) is 11.3. The number of amides is 2. The molecule has 1 aliphatic carbocycles. The lowest BCUT2D eigenvalue weighted by molar-refractivity contribution is -0.143. The van der Waals surface area contributed by atoms with Crippen LogP contribution in [0.15, 0.2) is 0 Å². The van der Waals surface area contributed by atoms with Crippen molar-refractivity contribution in [2.75, 3.05) is 7.11 Å². The van der Waals surface area contributed by atoms with Gasteiger partial charge in [0.15, 0.2) is 0 Å². The molecule has 1 fully saturated rings. The lowest BCUT2D eigenvalue weighted by Gasteiger charge is -2.24. The molecule has 0 saturated heterocycles. The fraction of sp³-hybridized carbons (Fsp3) is 0.895. The smallest absolute Gasteiger partial charge is 0.328 e. The Bertz CT molecular complexity index is 355. The van der Waals surface area contributed by atoms with Gasteiger partial charge >= 0.3 is 12.0 Å². The number of carbonyl (C=O) groups is 2. The van der Waals surface area contributed by atoms with Crippen LogP contribution in [0, 0.1) is 0 Å². The highest BCUT2D eigenvalue weighted by Crippen LogP contribution is 2.17. The topological polar surface area (TPSA) is 67.4 Å². The molecule has 140 valence electrons. The summed E-state index contributed by atoms with van der Waals surface area (Å²) in [4.78, 5) is 24.0. The zero-order chi connectivity index (χ0) is 17.6. The van der Waals surface area contributed by atoms with Gasteiger partial charge in [-0.3, -0.25) is 0 Å². The molecule has 1 aliphatic rings. The molecule has 5 nitrogen and oxygen atoms in total. The van der Waals surface area contributed by atoms with Crippen molar-refractivity contribution in [1.29, 1.82) is 0 Å². The number of hydrogen-bond acceptors (Lipinski definition) is 3. The highest BCUT2D eigenvalue weighted by atomic mass is 16.5. The predicted molar refractivity (Wildman–Crippen MR) is 97.0 cm³/mol. The maximum absolute atomic E-state index is 12.1. The van der Waals surface area contributed by atoms with Crippen LogP contribution < -0.4 is 10.6 Å². The summed E-state index contributed by atoms with van der Waals surface area (Å²) >= 11 is 0. The molecule has 0 aromatic rings. The molecule has 1 rings (SSSR count). The first-order valence-electron chi connectivity index (χ1n) is 9.82. The fourth-order valence-corrected chi connectivity index (χ4v) is 3.33. The van der Waals surface area contributed by atoms with Crippen LogP contribution in [-0.2, 0) is 9.53 Å². The van der Waals surface area contributed by atoms with E-state index in [9.17, 15) is 9.59 Å². The number of esters is 1. The Balaban J connectivity index is 2.25. The number of rotatable bonds is 11. The molecule has 0 heterocycles. The summed E-state index contributed by atoms with van der Waals surface area (Å²) < 4.78 is 4.83. The van der Waals surface area contributed by atoms with Crippen LogP contribution in [0.4, 0.5) is 4.79 Å². The average molecular weight is 341 g/mol. The highest BCUT2D eigenvalue weighted by Gasteiger charge is 2.23. The normalized spacial score (nSPS) is 16.4. The molecule has 2 amide bonds. The van der Waals surface area contributed by atoms with Gasteiger partial charge in [0.05, 0.1) is 7.11 Å². The van der Waals surface area contributed by atoms with E-state index in [1.807, 2.05) is 0 Å². The van der Waals surface area contributed by atoms with Crippen molar-refractivity contribution in [3.63, 3.8) is 0 Å². The lowest BCUT2D eigenvalue weighted by atomic mass is 9.96. The van der Waals surface area contributed by atoms with Gasteiger partial charge in [-0.25, -0.2) is 9.59 Å². The average Bonchev–Trinajstić information content (AvgIpc) is 2.60. The standard InChI is InChI=1S/C19H36N2O3/c1-3-4-5-6-7-8-12-15-17(18(22)24-2)21-19(23)20-16-13-10-9-11-14-16/h16-17H,3-15H2,1-2H3,(H2,20,21,23). The van der Waals surface area contributed by atoms with Crippen molar-refractivity contribution in [2.24, 2.45) is 0 Å². The second kappa shape index (κ2) is 13.1.